The van der Waals surface area contributed by atoms with Gasteiger partial charge in [0.05, 0.1) is 0 Å². The highest BCUT2D eigenvalue weighted by Gasteiger charge is 2.20. The lowest BCUT2D eigenvalue weighted by Crippen LogP contribution is -2.32. The lowest BCUT2D eigenvalue weighted by molar-refractivity contribution is 0.0715. The van der Waals surface area contributed by atoms with E-state index in [1.807, 2.05) is 65.6 Å². The molecule has 4 nitrogen and oxygen atoms in total. The summed E-state index contributed by atoms with van der Waals surface area (Å²) in [5.41, 5.74) is 2.98. The van der Waals surface area contributed by atoms with E-state index in [0.717, 1.165) is 23.0 Å². The SMILES string of the molecule is O=C(c1cc2ccccc2o1)N(CCc1ccccc1)Cc1ccncc1. The fraction of sp³-hybridized carbons (Fsp3) is 0.130. The van der Waals surface area contributed by atoms with E-state index in [2.05, 4.69) is 17.1 Å². The van der Waals surface area contributed by atoms with Gasteiger partial charge in [0.25, 0.3) is 5.91 Å². The Balaban J connectivity index is 1.58. The van der Waals surface area contributed by atoms with E-state index >= 15 is 0 Å². The fourth-order valence-corrected chi connectivity index (χ4v) is 3.11. The Morgan fingerprint density at radius 1 is 0.889 bits per heavy atom. The molecule has 0 aliphatic rings. The molecule has 0 atom stereocenters. The molecular weight excluding hydrogens is 336 g/mol. The maximum absolute atomic E-state index is 13.2. The lowest BCUT2D eigenvalue weighted by Gasteiger charge is -2.22. The molecule has 134 valence electrons. The maximum Gasteiger partial charge on any atom is 0.289 e. The average Bonchev–Trinajstić information content (AvgIpc) is 3.16. The zero-order chi connectivity index (χ0) is 18.5. The molecule has 0 aliphatic heterocycles. The maximum atomic E-state index is 13.2. The Morgan fingerprint density at radius 2 is 1.63 bits per heavy atom. The van der Waals surface area contributed by atoms with Gasteiger partial charge in [-0.25, -0.2) is 0 Å². The number of carbonyl (C=O) groups excluding carboxylic acids is 1. The van der Waals surface area contributed by atoms with Crippen molar-refractivity contribution in [1.82, 2.24) is 9.88 Å². The van der Waals surface area contributed by atoms with Gasteiger partial charge in [-0.1, -0.05) is 48.5 Å². The minimum absolute atomic E-state index is 0.0982. The van der Waals surface area contributed by atoms with Gasteiger partial charge in [0, 0.05) is 30.9 Å². The number of aromatic nitrogens is 1. The van der Waals surface area contributed by atoms with Crippen LogP contribution in [-0.4, -0.2) is 22.3 Å². The largest absolute Gasteiger partial charge is 0.451 e. The second-order valence-corrected chi connectivity index (χ2v) is 6.47. The highest BCUT2D eigenvalue weighted by atomic mass is 16.3. The van der Waals surface area contributed by atoms with Crippen LogP contribution >= 0.6 is 0 Å². The van der Waals surface area contributed by atoms with E-state index in [4.69, 9.17) is 4.42 Å². The molecule has 0 saturated carbocycles. The standard InChI is InChI=1S/C23H20N2O2/c26-23(22-16-20-8-4-5-9-21(20)27-22)25(17-19-10-13-24-14-11-19)15-12-18-6-2-1-3-7-18/h1-11,13-14,16H,12,15,17H2. The molecule has 27 heavy (non-hydrogen) atoms. The zero-order valence-electron chi connectivity index (χ0n) is 14.9. The topological polar surface area (TPSA) is 46.3 Å². The van der Waals surface area contributed by atoms with Crippen molar-refractivity contribution < 1.29 is 9.21 Å². The number of benzene rings is 2. The third kappa shape index (κ3) is 4.06. The van der Waals surface area contributed by atoms with Gasteiger partial charge in [0.2, 0.25) is 0 Å². The van der Waals surface area contributed by atoms with E-state index in [1.54, 1.807) is 12.4 Å². The van der Waals surface area contributed by atoms with Gasteiger partial charge in [-0.05, 0) is 41.8 Å². The molecule has 4 aromatic rings. The van der Waals surface area contributed by atoms with Crippen LogP contribution in [0.5, 0.6) is 0 Å². The summed E-state index contributed by atoms with van der Waals surface area (Å²) in [6.45, 7) is 1.13. The normalized spacial score (nSPS) is 10.8. The molecule has 0 unspecified atom stereocenters. The summed E-state index contributed by atoms with van der Waals surface area (Å²) in [7, 11) is 0. The highest BCUT2D eigenvalue weighted by molar-refractivity contribution is 5.96. The zero-order valence-corrected chi connectivity index (χ0v) is 14.9. The molecule has 0 aliphatic carbocycles. The highest BCUT2D eigenvalue weighted by Crippen LogP contribution is 2.21. The van der Waals surface area contributed by atoms with Crippen molar-refractivity contribution in [3.63, 3.8) is 0 Å². The Bertz CT molecular complexity index is 993. The summed E-state index contributed by atoms with van der Waals surface area (Å²) in [5, 5.41) is 0.938. The summed E-state index contributed by atoms with van der Waals surface area (Å²) in [6.07, 6.45) is 4.28. The molecule has 0 saturated heterocycles. The number of hydrogen-bond donors (Lipinski definition) is 0. The van der Waals surface area contributed by atoms with Crippen LogP contribution in [0.15, 0.2) is 89.6 Å². The quantitative estimate of drug-likeness (QED) is 0.502. The molecule has 4 rings (SSSR count). The predicted molar refractivity (Wildman–Crippen MR) is 105 cm³/mol. The second-order valence-electron chi connectivity index (χ2n) is 6.47. The van der Waals surface area contributed by atoms with Gasteiger partial charge >= 0.3 is 0 Å². The number of pyridine rings is 1. The Kier molecular flexibility index (Phi) is 4.97. The Labute approximate surface area is 158 Å². The number of amides is 1. The van der Waals surface area contributed by atoms with Crippen molar-refractivity contribution in [3.05, 3.63) is 102 Å². The van der Waals surface area contributed by atoms with Crippen LogP contribution in [0.2, 0.25) is 0 Å². The van der Waals surface area contributed by atoms with Crippen molar-refractivity contribution in [1.29, 1.82) is 0 Å². The Morgan fingerprint density at radius 3 is 2.41 bits per heavy atom. The average molecular weight is 356 g/mol. The van der Waals surface area contributed by atoms with Gasteiger partial charge in [-0.15, -0.1) is 0 Å². The van der Waals surface area contributed by atoms with Crippen molar-refractivity contribution >= 4 is 16.9 Å². The van der Waals surface area contributed by atoms with Crippen molar-refractivity contribution in [2.45, 2.75) is 13.0 Å². The molecule has 0 spiro atoms. The van der Waals surface area contributed by atoms with E-state index in [0.29, 0.717) is 18.8 Å². The van der Waals surface area contributed by atoms with Crippen molar-refractivity contribution in [2.75, 3.05) is 6.54 Å². The van der Waals surface area contributed by atoms with Gasteiger partial charge in [-0.2, -0.15) is 0 Å². The minimum Gasteiger partial charge on any atom is -0.451 e. The minimum atomic E-state index is -0.0982. The number of rotatable bonds is 6. The van der Waals surface area contributed by atoms with Crippen LogP contribution in [0.25, 0.3) is 11.0 Å². The number of hydrogen-bond acceptors (Lipinski definition) is 3. The molecule has 1 amide bonds. The molecule has 2 aromatic carbocycles. The molecular formula is C23H20N2O2. The molecule has 0 bridgehead atoms. The lowest BCUT2D eigenvalue weighted by atomic mass is 10.1. The monoisotopic (exact) mass is 356 g/mol. The first-order chi connectivity index (χ1) is 13.3. The summed E-state index contributed by atoms with van der Waals surface area (Å²) in [5.74, 6) is 0.275. The number of nitrogens with zero attached hydrogens (tertiary/aromatic N) is 2. The first-order valence-corrected chi connectivity index (χ1v) is 9.00. The number of carbonyl (C=O) groups is 1. The third-order valence-corrected chi connectivity index (χ3v) is 4.56. The van der Waals surface area contributed by atoms with E-state index in [1.165, 1.54) is 5.56 Å². The molecule has 0 N–H and O–H groups in total. The van der Waals surface area contributed by atoms with Crippen LogP contribution in [0.1, 0.15) is 21.7 Å². The van der Waals surface area contributed by atoms with Crippen LogP contribution < -0.4 is 0 Å². The number of furan rings is 1. The first kappa shape index (κ1) is 17.0. The van der Waals surface area contributed by atoms with Crippen LogP contribution in [0, 0.1) is 0 Å². The van der Waals surface area contributed by atoms with E-state index < -0.39 is 0 Å². The second kappa shape index (κ2) is 7.87. The van der Waals surface area contributed by atoms with E-state index in [9.17, 15) is 4.79 Å². The smallest absolute Gasteiger partial charge is 0.289 e. The van der Waals surface area contributed by atoms with Crippen LogP contribution in [0.3, 0.4) is 0 Å². The third-order valence-electron chi connectivity index (χ3n) is 4.56. The molecule has 0 fully saturated rings. The molecule has 2 aromatic heterocycles. The van der Waals surface area contributed by atoms with Gasteiger partial charge in [0.1, 0.15) is 5.58 Å². The number of fused-ring (bicyclic) bond motifs is 1. The van der Waals surface area contributed by atoms with Crippen molar-refractivity contribution in [3.8, 4) is 0 Å². The van der Waals surface area contributed by atoms with Gasteiger partial charge < -0.3 is 9.32 Å². The fourth-order valence-electron chi connectivity index (χ4n) is 3.11. The number of para-hydroxylation sites is 1. The molecule has 2 heterocycles. The summed E-state index contributed by atoms with van der Waals surface area (Å²) < 4.78 is 5.80. The van der Waals surface area contributed by atoms with Crippen LogP contribution in [0.4, 0.5) is 0 Å². The van der Waals surface area contributed by atoms with Crippen LogP contribution in [-0.2, 0) is 13.0 Å². The summed E-state index contributed by atoms with van der Waals surface area (Å²) >= 11 is 0. The summed E-state index contributed by atoms with van der Waals surface area (Å²) in [4.78, 5) is 19.0. The Hall–Kier alpha value is -3.40. The molecule has 4 heteroatoms. The summed E-state index contributed by atoms with van der Waals surface area (Å²) in [6, 6.07) is 23.6. The molecule has 0 radical (unpaired) electrons. The predicted octanol–water partition coefficient (Wildman–Crippen LogP) is 4.71. The van der Waals surface area contributed by atoms with Gasteiger partial charge in [0.15, 0.2) is 5.76 Å². The first-order valence-electron chi connectivity index (χ1n) is 9.00. The van der Waals surface area contributed by atoms with E-state index in [-0.39, 0.29) is 5.91 Å². The van der Waals surface area contributed by atoms with Crippen molar-refractivity contribution in [2.24, 2.45) is 0 Å². The van der Waals surface area contributed by atoms with Gasteiger partial charge in [-0.3, -0.25) is 9.78 Å².